The molecule has 0 heterocycles. The van der Waals surface area contributed by atoms with Gasteiger partial charge in [-0.1, -0.05) is 84.4 Å². The second-order valence-corrected chi connectivity index (χ2v) is 8.17. The Hall–Kier alpha value is -3.15. The largest absolute Gasteiger partial charge is 0.383 e. The molecule has 0 fully saturated rings. The van der Waals surface area contributed by atoms with E-state index < -0.39 is 6.04 Å². The molecule has 0 aliphatic carbocycles. The number of hydrogen-bond acceptors (Lipinski definition) is 3. The molecule has 33 heavy (non-hydrogen) atoms. The Morgan fingerprint density at radius 2 is 1.55 bits per heavy atom. The molecule has 0 unspecified atom stereocenters. The van der Waals surface area contributed by atoms with Crippen molar-refractivity contribution >= 4 is 23.4 Å². The molecule has 0 spiro atoms. The van der Waals surface area contributed by atoms with Gasteiger partial charge in [-0.15, -0.1) is 0 Å². The van der Waals surface area contributed by atoms with Crippen molar-refractivity contribution in [2.75, 3.05) is 20.3 Å². The summed E-state index contributed by atoms with van der Waals surface area (Å²) in [6, 6.07) is 25.8. The van der Waals surface area contributed by atoms with Crippen molar-refractivity contribution in [3.05, 3.63) is 107 Å². The molecule has 2 amide bonds. The summed E-state index contributed by atoms with van der Waals surface area (Å²) in [7, 11) is 1.58. The number of nitrogens with one attached hydrogen (secondary N) is 1. The lowest BCUT2D eigenvalue weighted by Gasteiger charge is -2.32. The average molecular weight is 465 g/mol. The molecular formula is C27H29ClN2O3. The van der Waals surface area contributed by atoms with E-state index in [2.05, 4.69) is 5.32 Å². The predicted molar refractivity (Wildman–Crippen MR) is 131 cm³/mol. The molecule has 3 aromatic rings. The maximum Gasteiger partial charge on any atom is 0.247 e. The van der Waals surface area contributed by atoms with Crippen LogP contribution in [0.3, 0.4) is 0 Å². The fourth-order valence-electron chi connectivity index (χ4n) is 3.63. The third kappa shape index (κ3) is 7.45. The van der Waals surface area contributed by atoms with Crippen molar-refractivity contribution in [3.8, 4) is 0 Å². The molecule has 172 valence electrons. The van der Waals surface area contributed by atoms with E-state index in [4.69, 9.17) is 16.3 Å². The van der Waals surface area contributed by atoms with Crippen LogP contribution >= 0.6 is 11.6 Å². The van der Waals surface area contributed by atoms with Gasteiger partial charge in [0.1, 0.15) is 6.04 Å². The van der Waals surface area contributed by atoms with Crippen LogP contribution in [-0.4, -0.2) is 37.0 Å². The summed E-state index contributed by atoms with van der Waals surface area (Å²) < 4.78 is 5.07. The number of ether oxygens (including phenoxy) is 1. The van der Waals surface area contributed by atoms with Gasteiger partial charge in [0.15, 0.2) is 0 Å². The minimum absolute atomic E-state index is 0.0930. The first-order chi connectivity index (χ1) is 16.1. The zero-order valence-corrected chi connectivity index (χ0v) is 19.5. The first-order valence-electron chi connectivity index (χ1n) is 11.0. The van der Waals surface area contributed by atoms with Gasteiger partial charge in [-0.2, -0.15) is 0 Å². The Morgan fingerprint density at radius 3 is 2.18 bits per heavy atom. The summed E-state index contributed by atoms with van der Waals surface area (Å²) in [6.45, 7) is 1.06. The number of nitrogens with zero attached hydrogens (tertiary/aromatic N) is 1. The number of amides is 2. The Kier molecular flexibility index (Phi) is 9.48. The zero-order chi connectivity index (χ0) is 23.5. The second-order valence-electron chi connectivity index (χ2n) is 7.73. The van der Waals surface area contributed by atoms with Crippen LogP contribution < -0.4 is 5.32 Å². The van der Waals surface area contributed by atoms with Crippen LogP contribution in [-0.2, 0) is 27.3 Å². The highest BCUT2D eigenvalue weighted by molar-refractivity contribution is 6.30. The van der Waals surface area contributed by atoms with Crippen LogP contribution in [0, 0.1) is 0 Å². The molecular weight excluding hydrogens is 436 g/mol. The number of carbonyl (C=O) groups excluding carboxylic acids is 2. The second kappa shape index (κ2) is 12.8. The topological polar surface area (TPSA) is 58.6 Å². The molecule has 0 saturated heterocycles. The molecule has 0 aromatic heterocycles. The average Bonchev–Trinajstić information content (AvgIpc) is 2.85. The summed E-state index contributed by atoms with van der Waals surface area (Å²) in [6.07, 6.45) is 0.899. The number of aryl methyl sites for hydroxylation is 1. The molecule has 0 saturated carbocycles. The molecule has 0 bridgehead atoms. The van der Waals surface area contributed by atoms with Crippen molar-refractivity contribution < 1.29 is 14.3 Å². The van der Waals surface area contributed by atoms with Crippen molar-refractivity contribution in [1.29, 1.82) is 0 Å². The van der Waals surface area contributed by atoms with E-state index >= 15 is 0 Å². The molecule has 6 heteroatoms. The van der Waals surface area contributed by atoms with Gasteiger partial charge in [-0.25, -0.2) is 0 Å². The van der Waals surface area contributed by atoms with Gasteiger partial charge in [-0.05, 0) is 35.2 Å². The minimum atomic E-state index is -0.762. The Bertz CT molecular complexity index is 1010. The normalized spacial score (nSPS) is 11.6. The Labute approximate surface area is 200 Å². The predicted octanol–water partition coefficient (Wildman–Crippen LogP) is 4.81. The lowest BCUT2D eigenvalue weighted by molar-refractivity contribution is -0.141. The third-order valence-corrected chi connectivity index (χ3v) is 5.59. The summed E-state index contributed by atoms with van der Waals surface area (Å²) in [5.41, 5.74) is 2.74. The SMILES string of the molecule is COCCNC(=O)[C@@H](c1ccccc1)N(Cc1ccc(Cl)cc1)C(=O)CCc1ccccc1. The van der Waals surface area contributed by atoms with Crippen LogP contribution in [0.5, 0.6) is 0 Å². The Balaban J connectivity index is 1.90. The number of benzene rings is 3. The van der Waals surface area contributed by atoms with Gasteiger partial charge < -0.3 is 15.0 Å². The van der Waals surface area contributed by atoms with Crippen molar-refractivity contribution in [1.82, 2.24) is 10.2 Å². The van der Waals surface area contributed by atoms with Crippen molar-refractivity contribution in [2.24, 2.45) is 0 Å². The van der Waals surface area contributed by atoms with E-state index in [1.807, 2.05) is 72.8 Å². The van der Waals surface area contributed by atoms with Crippen LogP contribution in [0.15, 0.2) is 84.9 Å². The van der Waals surface area contributed by atoms with Crippen LogP contribution in [0.25, 0.3) is 0 Å². The smallest absolute Gasteiger partial charge is 0.247 e. The third-order valence-electron chi connectivity index (χ3n) is 5.34. The first kappa shape index (κ1) is 24.5. The van der Waals surface area contributed by atoms with E-state index in [0.717, 1.165) is 16.7 Å². The molecule has 1 N–H and O–H groups in total. The Morgan fingerprint density at radius 1 is 0.909 bits per heavy atom. The van der Waals surface area contributed by atoms with Gasteiger partial charge in [-0.3, -0.25) is 9.59 Å². The van der Waals surface area contributed by atoms with Crippen LogP contribution in [0.2, 0.25) is 5.02 Å². The molecule has 3 rings (SSSR count). The maximum absolute atomic E-state index is 13.5. The molecule has 1 atom stereocenters. The fraction of sp³-hybridized carbons (Fsp3) is 0.259. The van der Waals surface area contributed by atoms with E-state index in [-0.39, 0.29) is 11.8 Å². The van der Waals surface area contributed by atoms with Gasteiger partial charge >= 0.3 is 0 Å². The molecule has 0 aliphatic heterocycles. The molecule has 5 nitrogen and oxygen atoms in total. The highest BCUT2D eigenvalue weighted by Gasteiger charge is 2.31. The van der Waals surface area contributed by atoms with E-state index in [0.29, 0.717) is 37.6 Å². The lowest BCUT2D eigenvalue weighted by atomic mass is 10.0. The minimum Gasteiger partial charge on any atom is -0.383 e. The highest BCUT2D eigenvalue weighted by atomic mass is 35.5. The molecule has 3 aromatic carbocycles. The van der Waals surface area contributed by atoms with Crippen LogP contribution in [0.1, 0.15) is 29.2 Å². The number of carbonyl (C=O) groups is 2. The van der Waals surface area contributed by atoms with Gasteiger partial charge in [0.25, 0.3) is 0 Å². The number of halogens is 1. The summed E-state index contributed by atoms with van der Waals surface area (Å²) >= 11 is 6.05. The van der Waals surface area contributed by atoms with E-state index in [1.54, 1.807) is 24.1 Å². The standard InChI is InChI=1S/C27H29ClN2O3/c1-33-19-18-29-27(32)26(23-10-6-3-7-11-23)30(20-22-12-15-24(28)16-13-22)25(31)17-14-21-8-4-2-5-9-21/h2-13,15-16,26H,14,17-20H2,1H3,(H,29,32)/t26-/m1/s1. The summed E-state index contributed by atoms with van der Waals surface area (Å²) in [5.74, 6) is -0.329. The van der Waals surface area contributed by atoms with Crippen molar-refractivity contribution in [3.63, 3.8) is 0 Å². The van der Waals surface area contributed by atoms with E-state index in [9.17, 15) is 9.59 Å². The lowest BCUT2D eigenvalue weighted by Crippen LogP contribution is -2.44. The summed E-state index contributed by atoms with van der Waals surface area (Å²) in [4.78, 5) is 28.5. The summed E-state index contributed by atoms with van der Waals surface area (Å²) in [5, 5.41) is 3.53. The fourth-order valence-corrected chi connectivity index (χ4v) is 3.76. The quantitative estimate of drug-likeness (QED) is 0.414. The first-order valence-corrected chi connectivity index (χ1v) is 11.4. The highest BCUT2D eigenvalue weighted by Crippen LogP contribution is 2.25. The van der Waals surface area contributed by atoms with Gasteiger partial charge in [0, 0.05) is 31.6 Å². The zero-order valence-electron chi connectivity index (χ0n) is 18.7. The number of methoxy groups -OCH3 is 1. The number of hydrogen-bond donors (Lipinski definition) is 1. The van der Waals surface area contributed by atoms with E-state index in [1.165, 1.54) is 0 Å². The van der Waals surface area contributed by atoms with Gasteiger partial charge in [0.05, 0.1) is 6.61 Å². The molecule has 0 aliphatic rings. The molecule has 0 radical (unpaired) electrons. The monoisotopic (exact) mass is 464 g/mol. The van der Waals surface area contributed by atoms with Crippen LogP contribution in [0.4, 0.5) is 0 Å². The van der Waals surface area contributed by atoms with Crippen molar-refractivity contribution in [2.45, 2.75) is 25.4 Å². The van der Waals surface area contributed by atoms with Gasteiger partial charge in [0.2, 0.25) is 11.8 Å². The number of rotatable bonds is 11. The maximum atomic E-state index is 13.5.